The highest BCUT2D eigenvalue weighted by atomic mass is 16.5. The summed E-state index contributed by atoms with van der Waals surface area (Å²) >= 11 is 0. The molecule has 1 aliphatic heterocycles. The number of methoxy groups -OCH3 is 3. The van der Waals surface area contributed by atoms with E-state index < -0.39 is 0 Å². The number of rotatable bonds is 4. The van der Waals surface area contributed by atoms with Crippen molar-refractivity contribution in [2.45, 2.75) is 25.9 Å². The van der Waals surface area contributed by atoms with E-state index in [1.807, 2.05) is 19.1 Å². The molecule has 1 aromatic rings. The fourth-order valence-electron chi connectivity index (χ4n) is 2.56. The second kappa shape index (κ2) is 6.13. The average Bonchev–Trinajstić information content (AvgIpc) is 2.51. The predicted molar refractivity (Wildman–Crippen MR) is 75.1 cm³/mol. The third-order valence-corrected chi connectivity index (χ3v) is 3.84. The molecule has 1 heterocycles. The minimum atomic E-state index is -0.235. The molecule has 0 saturated heterocycles. The number of esters is 1. The van der Waals surface area contributed by atoms with Crippen LogP contribution in [0, 0.1) is 0 Å². The first-order valence-corrected chi connectivity index (χ1v) is 6.66. The van der Waals surface area contributed by atoms with Crippen molar-refractivity contribution in [3.8, 4) is 11.5 Å². The summed E-state index contributed by atoms with van der Waals surface area (Å²) < 4.78 is 15.5. The van der Waals surface area contributed by atoms with Crippen molar-refractivity contribution < 1.29 is 19.0 Å². The van der Waals surface area contributed by atoms with Crippen molar-refractivity contribution in [3.63, 3.8) is 0 Å². The molecule has 1 aliphatic rings. The minimum absolute atomic E-state index is 0.200. The second-order valence-electron chi connectivity index (χ2n) is 4.90. The molecule has 2 rings (SSSR count). The maximum atomic E-state index is 11.6. The van der Waals surface area contributed by atoms with Gasteiger partial charge in [-0.25, -0.2) is 0 Å². The van der Waals surface area contributed by atoms with E-state index in [1.165, 1.54) is 18.2 Å². The number of carbonyl (C=O) groups is 1. The van der Waals surface area contributed by atoms with E-state index in [-0.39, 0.29) is 12.0 Å². The smallest absolute Gasteiger partial charge is 0.322 e. The Hall–Kier alpha value is -1.75. The van der Waals surface area contributed by atoms with Crippen LogP contribution in [0.1, 0.15) is 18.1 Å². The van der Waals surface area contributed by atoms with Crippen LogP contribution in [-0.2, 0) is 22.5 Å². The van der Waals surface area contributed by atoms with Crippen molar-refractivity contribution in [1.29, 1.82) is 0 Å². The molecule has 0 bridgehead atoms. The van der Waals surface area contributed by atoms with Gasteiger partial charge in [0.25, 0.3) is 0 Å². The maximum Gasteiger partial charge on any atom is 0.322 e. The van der Waals surface area contributed by atoms with Gasteiger partial charge in [-0.1, -0.05) is 0 Å². The fourth-order valence-corrected chi connectivity index (χ4v) is 2.56. The molecule has 0 fully saturated rings. The molecule has 0 amide bonds. The number of fused-ring (bicyclic) bond motifs is 1. The van der Waals surface area contributed by atoms with Gasteiger partial charge in [-0.15, -0.1) is 0 Å². The van der Waals surface area contributed by atoms with Crippen molar-refractivity contribution in [3.05, 3.63) is 23.3 Å². The normalized spacial score (nSPS) is 16.2. The number of nitrogens with zero attached hydrogens (tertiary/aromatic N) is 1. The summed E-state index contributed by atoms with van der Waals surface area (Å²) in [5, 5.41) is 0. The summed E-state index contributed by atoms with van der Waals surface area (Å²) in [6, 6.07) is 3.78. The standard InChI is InChI=1S/C15H21NO4/c1-10(15(17)20-4)16-6-5-11-7-13(18-2)14(19-3)8-12(11)9-16/h7-8,10H,5-6,9H2,1-4H3. The second-order valence-corrected chi connectivity index (χ2v) is 4.90. The first-order chi connectivity index (χ1) is 9.60. The molecule has 5 heteroatoms. The Labute approximate surface area is 119 Å². The third kappa shape index (κ3) is 2.72. The molecule has 1 aromatic carbocycles. The van der Waals surface area contributed by atoms with Gasteiger partial charge in [-0.05, 0) is 36.6 Å². The minimum Gasteiger partial charge on any atom is -0.493 e. The van der Waals surface area contributed by atoms with Crippen LogP contribution >= 0.6 is 0 Å². The van der Waals surface area contributed by atoms with Crippen LogP contribution in [0.25, 0.3) is 0 Å². The molecule has 0 radical (unpaired) electrons. The van der Waals surface area contributed by atoms with Crippen LogP contribution in [0.3, 0.4) is 0 Å². The SMILES string of the molecule is COC(=O)C(C)N1CCc2cc(OC)c(OC)cc2C1. The summed E-state index contributed by atoms with van der Waals surface area (Å²) in [6.45, 7) is 3.42. The van der Waals surface area contributed by atoms with Gasteiger partial charge in [0, 0.05) is 13.1 Å². The first kappa shape index (κ1) is 14.7. The lowest BCUT2D eigenvalue weighted by Gasteiger charge is -2.32. The van der Waals surface area contributed by atoms with Gasteiger partial charge in [0.1, 0.15) is 6.04 Å². The van der Waals surface area contributed by atoms with Crippen molar-refractivity contribution in [2.24, 2.45) is 0 Å². The zero-order chi connectivity index (χ0) is 14.7. The fraction of sp³-hybridized carbons (Fsp3) is 0.533. The van der Waals surface area contributed by atoms with Gasteiger partial charge in [-0.3, -0.25) is 9.69 Å². The number of benzene rings is 1. The molecule has 20 heavy (non-hydrogen) atoms. The Balaban J connectivity index is 2.23. The number of ether oxygens (including phenoxy) is 3. The number of hydrogen-bond donors (Lipinski definition) is 0. The summed E-state index contributed by atoms with van der Waals surface area (Å²) in [4.78, 5) is 13.7. The predicted octanol–water partition coefficient (Wildman–Crippen LogP) is 1.62. The molecule has 110 valence electrons. The monoisotopic (exact) mass is 279 g/mol. The molecule has 0 saturated carbocycles. The van der Waals surface area contributed by atoms with Crippen molar-refractivity contribution >= 4 is 5.97 Å². The molecular formula is C15H21NO4. The Bertz CT molecular complexity index is 501. The summed E-state index contributed by atoms with van der Waals surface area (Å²) in [6.07, 6.45) is 0.886. The van der Waals surface area contributed by atoms with Crippen molar-refractivity contribution in [1.82, 2.24) is 4.90 Å². The van der Waals surface area contributed by atoms with E-state index in [0.717, 1.165) is 24.5 Å². The van der Waals surface area contributed by atoms with E-state index in [4.69, 9.17) is 14.2 Å². The highest BCUT2D eigenvalue weighted by Gasteiger charge is 2.26. The van der Waals surface area contributed by atoms with Crippen molar-refractivity contribution in [2.75, 3.05) is 27.9 Å². The third-order valence-electron chi connectivity index (χ3n) is 3.84. The van der Waals surface area contributed by atoms with Crippen LogP contribution in [0.4, 0.5) is 0 Å². The van der Waals surface area contributed by atoms with Gasteiger partial charge in [-0.2, -0.15) is 0 Å². The Kier molecular flexibility index (Phi) is 4.49. The maximum absolute atomic E-state index is 11.6. The van der Waals surface area contributed by atoms with Crippen LogP contribution in [0.2, 0.25) is 0 Å². The Morgan fingerprint density at radius 2 is 1.75 bits per heavy atom. The Morgan fingerprint density at radius 1 is 1.15 bits per heavy atom. The molecule has 0 N–H and O–H groups in total. The van der Waals surface area contributed by atoms with Crippen LogP contribution in [-0.4, -0.2) is 44.8 Å². The molecule has 0 aliphatic carbocycles. The lowest BCUT2D eigenvalue weighted by molar-refractivity contribution is -0.146. The van der Waals surface area contributed by atoms with Gasteiger partial charge in [0.05, 0.1) is 21.3 Å². The molecule has 1 unspecified atom stereocenters. The zero-order valence-corrected chi connectivity index (χ0v) is 12.4. The van der Waals surface area contributed by atoms with Crippen LogP contribution in [0.15, 0.2) is 12.1 Å². The molecular weight excluding hydrogens is 258 g/mol. The van der Waals surface area contributed by atoms with E-state index in [0.29, 0.717) is 6.54 Å². The molecule has 0 aromatic heterocycles. The van der Waals surface area contributed by atoms with Crippen LogP contribution in [0.5, 0.6) is 11.5 Å². The number of hydrogen-bond acceptors (Lipinski definition) is 5. The van der Waals surface area contributed by atoms with Gasteiger partial charge in [0.2, 0.25) is 0 Å². The first-order valence-electron chi connectivity index (χ1n) is 6.66. The van der Waals surface area contributed by atoms with E-state index in [9.17, 15) is 4.79 Å². The highest BCUT2D eigenvalue weighted by molar-refractivity contribution is 5.75. The largest absolute Gasteiger partial charge is 0.493 e. The molecule has 0 spiro atoms. The van der Waals surface area contributed by atoms with Gasteiger partial charge >= 0.3 is 5.97 Å². The van der Waals surface area contributed by atoms with Gasteiger partial charge in [0.15, 0.2) is 11.5 Å². The van der Waals surface area contributed by atoms with Gasteiger partial charge < -0.3 is 14.2 Å². The number of carbonyl (C=O) groups excluding carboxylic acids is 1. The lowest BCUT2D eigenvalue weighted by Crippen LogP contribution is -2.42. The quantitative estimate of drug-likeness (QED) is 0.784. The topological polar surface area (TPSA) is 48.0 Å². The molecule has 1 atom stereocenters. The summed E-state index contributed by atoms with van der Waals surface area (Å²) in [5.74, 6) is 1.27. The summed E-state index contributed by atoms with van der Waals surface area (Å²) in [5.41, 5.74) is 2.42. The zero-order valence-electron chi connectivity index (χ0n) is 12.4. The highest BCUT2D eigenvalue weighted by Crippen LogP contribution is 2.33. The van der Waals surface area contributed by atoms with E-state index >= 15 is 0 Å². The van der Waals surface area contributed by atoms with E-state index in [1.54, 1.807) is 14.2 Å². The molecule has 5 nitrogen and oxygen atoms in total. The lowest BCUT2D eigenvalue weighted by atomic mass is 9.97. The summed E-state index contributed by atoms with van der Waals surface area (Å²) in [7, 11) is 4.69. The van der Waals surface area contributed by atoms with Crippen LogP contribution < -0.4 is 9.47 Å². The average molecular weight is 279 g/mol. The van der Waals surface area contributed by atoms with E-state index in [2.05, 4.69) is 4.90 Å². The Morgan fingerprint density at radius 3 is 2.30 bits per heavy atom.